The first-order valence-corrected chi connectivity index (χ1v) is 10.6. The Morgan fingerprint density at radius 1 is 1.00 bits per heavy atom. The Hall–Kier alpha value is -3.91. The van der Waals surface area contributed by atoms with Gasteiger partial charge in [-0.05, 0) is 56.7 Å². The highest BCUT2D eigenvalue weighted by molar-refractivity contribution is 5.92. The van der Waals surface area contributed by atoms with Crippen LogP contribution in [0.2, 0.25) is 0 Å². The third-order valence-corrected chi connectivity index (χ3v) is 5.36. The van der Waals surface area contributed by atoms with E-state index in [4.69, 9.17) is 4.42 Å². The van der Waals surface area contributed by atoms with Crippen molar-refractivity contribution in [3.05, 3.63) is 72.9 Å². The van der Waals surface area contributed by atoms with Gasteiger partial charge < -0.3 is 9.52 Å². The molecule has 3 heterocycles. The molecular weight excluding hydrogens is 421 g/mol. The van der Waals surface area contributed by atoms with Gasteiger partial charge in [-0.25, -0.2) is 14.4 Å². The number of benzene rings is 2. The van der Waals surface area contributed by atoms with Crippen molar-refractivity contribution >= 4 is 11.2 Å². The third-order valence-electron chi connectivity index (χ3n) is 5.36. The fourth-order valence-electron chi connectivity index (χ4n) is 3.68. The summed E-state index contributed by atoms with van der Waals surface area (Å²) in [4.78, 5) is 13.4. The number of hydrogen-bond donors (Lipinski definition) is 1. The fraction of sp³-hybridized carbons (Fsp3) is 0.200. The molecule has 0 spiro atoms. The summed E-state index contributed by atoms with van der Waals surface area (Å²) >= 11 is 0. The lowest BCUT2D eigenvalue weighted by atomic mass is 10.0. The number of aromatic nitrogens is 5. The van der Waals surface area contributed by atoms with Crippen LogP contribution in [-0.4, -0.2) is 35.4 Å². The lowest BCUT2D eigenvalue weighted by Gasteiger charge is -2.18. The molecule has 0 fully saturated rings. The molecule has 0 aliphatic rings. The molecular formula is C25H22FN5O2. The minimum absolute atomic E-state index is 0.323. The second-order valence-corrected chi connectivity index (χ2v) is 8.46. The summed E-state index contributed by atoms with van der Waals surface area (Å²) in [7, 11) is 0. The average Bonchev–Trinajstić information content (AvgIpc) is 3.43. The molecule has 0 saturated carbocycles. The number of rotatable bonds is 6. The smallest absolute Gasteiger partial charge is 0.251 e. The van der Waals surface area contributed by atoms with E-state index in [1.54, 1.807) is 36.9 Å². The summed E-state index contributed by atoms with van der Waals surface area (Å²) in [5, 5.41) is 14.8. The largest absolute Gasteiger partial charge is 0.418 e. The molecule has 3 aromatic heterocycles. The van der Waals surface area contributed by atoms with Crippen LogP contribution in [0.3, 0.4) is 0 Å². The van der Waals surface area contributed by atoms with Gasteiger partial charge in [-0.3, -0.25) is 4.68 Å². The highest BCUT2D eigenvalue weighted by Crippen LogP contribution is 2.36. The van der Waals surface area contributed by atoms with Crippen LogP contribution >= 0.6 is 0 Å². The quantitative estimate of drug-likeness (QED) is 0.392. The summed E-state index contributed by atoms with van der Waals surface area (Å²) < 4.78 is 21.3. The first kappa shape index (κ1) is 21.0. The predicted molar refractivity (Wildman–Crippen MR) is 123 cm³/mol. The molecule has 33 heavy (non-hydrogen) atoms. The molecule has 0 aliphatic carbocycles. The highest BCUT2D eigenvalue weighted by Gasteiger charge is 2.22. The van der Waals surface area contributed by atoms with E-state index in [0.717, 1.165) is 22.4 Å². The molecule has 166 valence electrons. The van der Waals surface area contributed by atoms with Crippen LogP contribution in [0.1, 0.15) is 20.3 Å². The van der Waals surface area contributed by atoms with E-state index in [1.807, 2.05) is 30.3 Å². The number of aliphatic hydroxyl groups is 1. The monoisotopic (exact) mass is 443 g/mol. The van der Waals surface area contributed by atoms with Crippen molar-refractivity contribution in [1.82, 2.24) is 24.7 Å². The van der Waals surface area contributed by atoms with Crippen LogP contribution in [-0.2, 0) is 6.54 Å². The first-order valence-electron chi connectivity index (χ1n) is 10.6. The van der Waals surface area contributed by atoms with E-state index in [2.05, 4.69) is 20.1 Å². The molecule has 1 N–H and O–H groups in total. The second-order valence-electron chi connectivity index (χ2n) is 8.46. The van der Waals surface area contributed by atoms with E-state index in [0.29, 0.717) is 35.8 Å². The van der Waals surface area contributed by atoms with Gasteiger partial charge in [0.25, 0.3) is 5.71 Å². The van der Waals surface area contributed by atoms with E-state index in [9.17, 15) is 9.50 Å². The van der Waals surface area contributed by atoms with Crippen molar-refractivity contribution < 1.29 is 13.9 Å². The maximum absolute atomic E-state index is 13.6. The molecule has 0 radical (unpaired) electrons. The summed E-state index contributed by atoms with van der Waals surface area (Å²) in [6, 6.07) is 15.8. The lowest BCUT2D eigenvalue weighted by molar-refractivity contribution is 0.0653. The Labute approximate surface area is 189 Å². The number of aryl methyl sites for hydroxylation is 1. The Bertz CT molecular complexity index is 1400. The number of halogens is 1. The lowest BCUT2D eigenvalue weighted by Crippen LogP contribution is -2.21. The Balaban J connectivity index is 1.66. The third kappa shape index (κ3) is 4.25. The van der Waals surface area contributed by atoms with Crippen LogP contribution in [0.4, 0.5) is 4.39 Å². The van der Waals surface area contributed by atoms with Crippen LogP contribution < -0.4 is 0 Å². The van der Waals surface area contributed by atoms with Gasteiger partial charge in [-0.2, -0.15) is 10.1 Å². The zero-order chi connectivity index (χ0) is 23.0. The van der Waals surface area contributed by atoms with Gasteiger partial charge in [0.05, 0.1) is 17.5 Å². The van der Waals surface area contributed by atoms with Crippen molar-refractivity contribution in [3.63, 3.8) is 0 Å². The van der Waals surface area contributed by atoms with Crippen LogP contribution in [0, 0.1) is 5.82 Å². The summed E-state index contributed by atoms with van der Waals surface area (Å²) in [5.41, 5.74) is 3.68. The van der Waals surface area contributed by atoms with Crippen LogP contribution in [0.25, 0.3) is 45.2 Å². The predicted octanol–water partition coefficient (Wildman–Crippen LogP) is 5.12. The first-order chi connectivity index (χ1) is 15.9. The molecule has 0 atom stereocenters. The number of fused-ring (bicyclic) bond motifs is 1. The van der Waals surface area contributed by atoms with Gasteiger partial charge in [-0.15, -0.1) is 0 Å². The van der Waals surface area contributed by atoms with E-state index in [1.165, 1.54) is 18.5 Å². The SMILES string of the molecule is CC(C)(O)CCn1ncc(-c2ncnc3oc(-c4ccccc4)nc23)c1-c1ccc(F)cc1. The van der Waals surface area contributed by atoms with Gasteiger partial charge in [-0.1, -0.05) is 18.2 Å². The molecule has 7 nitrogen and oxygen atoms in total. The van der Waals surface area contributed by atoms with E-state index in [-0.39, 0.29) is 5.82 Å². The maximum Gasteiger partial charge on any atom is 0.251 e. The average molecular weight is 443 g/mol. The minimum atomic E-state index is -0.856. The molecule has 2 aromatic carbocycles. The van der Waals surface area contributed by atoms with Crippen molar-refractivity contribution in [1.29, 1.82) is 0 Å². The minimum Gasteiger partial charge on any atom is -0.418 e. The normalized spacial score (nSPS) is 11.9. The molecule has 5 rings (SSSR count). The topological polar surface area (TPSA) is 89.9 Å². The van der Waals surface area contributed by atoms with E-state index >= 15 is 0 Å². The maximum atomic E-state index is 13.6. The van der Waals surface area contributed by atoms with Gasteiger partial charge in [0.1, 0.15) is 17.8 Å². The van der Waals surface area contributed by atoms with Crippen LogP contribution in [0.5, 0.6) is 0 Å². The Kier molecular flexibility index (Phi) is 5.22. The number of hydrogen-bond acceptors (Lipinski definition) is 6. The van der Waals surface area contributed by atoms with Gasteiger partial charge in [0.2, 0.25) is 5.89 Å². The number of nitrogens with zero attached hydrogens (tertiary/aromatic N) is 5. The van der Waals surface area contributed by atoms with Crippen molar-refractivity contribution in [3.8, 4) is 34.0 Å². The van der Waals surface area contributed by atoms with Gasteiger partial charge in [0.15, 0.2) is 5.52 Å². The zero-order valence-corrected chi connectivity index (χ0v) is 18.2. The Morgan fingerprint density at radius 3 is 2.48 bits per heavy atom. The zero-order valence-electron chi connectivity index (χ0n) is 18.2. The van der Waals surface area contributed by atoms with Crippen molar-refractivity contribution in [2.24, 2.45) is 0 Å². The molecule has 8 heteroatoms. The van der Waals surface area contributed by atoms with Crippen molar-refractivity contribution in [2.45, 2.75) is 32.4 Å². The highest BCUT2D eigenvalue weighted by atomic mass is 19.1. The molecule has 0 unspecified atom stereocenters. The van der Waals surface area contributed by atoms with Gasteiger partial charge >= 0.3 is 0 Å². The fourth-order valence-corrected chi connectivity index (χ4v) is 3.68. The summed E-state index contributed by atoms with van der Waals surface area (Å²) in [5.74, 6) is 0.126. The molecule has 0 aliphatic heterocycles. The van der Waals surface area contributed by atoms with Gasteiger partial charge in [0, 0.05) is 23.2 Å². The summed E-state index contributed by atoms with van der Waals surface area (Å²) in [6.45, 7) is 3.98. The molecule has 0 amide bonds. The number of oxazole rings is 1. The van der Waals surface area contributed by atoms with Crippen molar-refractivity contribution in [2.75, 3.05) is 0 Å². The molecule has 5 aromatic rings. The van der Waals surface area contributed by atoms with E-state index < -0.39 is 5.60 Å². The molecule has 0 bridgehead atoms. The Morgan fingerprint density at radius 2 is 1.76 bits per heavy atom. The standard InChI is InChI=1S/C25H22FN5O2/c1-25(2,32)12-13-31-22(16-8-10-18(26)11-9-16)19(14-29-31)20-21-24(28-15-27-20)33-23(30-21)17-6-4-3-5-7-17/h3-11,14-15,32H,12-13H2,1-2H3. The van der Waals surface area contributed by atoms with Crippen LogP contribution in [0.15, 0.2) is 71.5 Å². The molecule has 0 saturated heterocycles. The second kappa shape index (κ2) is 8.22. The summed E-state index contributed by atoms with van der Waals surface area (Å²) in [6.07, 6.45) is 3.63.